The summed E-state index contributed by atoms with van der Waals surface area (Å²) in [7, 11) is 0. The van der Waals surface area contributed by atoms with Crippen molar-refractivity contribution in [3.05, 3.63) is 20.3 Å². The van der Waals surface area contributed by atoms with Crippen molar-refractivity contribution < 1.29 is 0 Å². The summed E-state index contributed by atoms with van der Waals surface area (Å²) in [5.41, 5.74) is 0.382. The van der Waals surface area contributed by atoms with E-state index in [2.05, 4.69) is 44.8 Å². The molecule has 1 aromatic heterocycles. The van der Waals surface area contributed by atoms with Crippen LogP contribution in [0.25, 0.3) is 0 Å². The van der Waals surface area contributed by atoms with Crippen molar-refractivity contribution in [1.29, 1.82) is 0 Å². The molecular formula is C16H22IN3O. The van der Waals surface area contributed by atoms with Crippen molar-refractivity contribution in [2.45, 2.75) is 51.5 Å². The molecular weight excluding hydrogens is 377 g/mol. The zero-order chi connectivity index (χ0) is 14.6. The molecule has 114 valence electrons. The van der Waals surface area contributed by atoms with Crippen LogP contribution in [0.15, 0.2) is 11.1 Å². The standard InChI is InChI=1S/C16H22IN3O/c1-9(20-14-13(17)15(21)19-8-18-14)16-5-10-2-11(6-16)4-12(3-10)7-16/h8-12H,2-7H2,1H3,(H2,18,19,20,21). The molecule has 1 aromatic rings. The highest BCUT2D eigenvalue weighted by molar-refractivity contribution is 14.1. The molecule has 0 aromatic carbocycles. The number of aromatic nitrogens is 2. The monoisotopic (exact) mass is 399 g/mol. The van der Waals surface area contributed by atoms with Crippen LogP contribution in [0.3, 0.4) is 0 Å². The van der Waals surface area contributed by atoms with Gasteiger partial charge >= 0.3 is 0 Å². The molecule has 1 heterocycles. The fourth-order valence-corrected chi connectivity index (χ4v) is 6.00. The molecule has 1 unspecified atom stereocenters. The van der Waals surface area contributed by atoms with E-state index in [1.54, 1.807) is 0 Å². The van der Waals surface area contributed by atoms with Crippen LogP contribution in [0, 0.1) is 26.7 Å². The highest BCUT2D eigenvalue weighted by Crippen LogP contribution is 2.61. The van der Waals surface area contributed by atoms with Crippen LogP contribution >= 0.6 is 22.6 Å². The molecule has 5 rings (SSSR count). The predicted octanol–water partition coefficient (Wildman–Crippen LogP) is 3.39. The van der Waals surface area contributed by atoms with Gasteiger partial charge in [-0.25, -0.2) is 4.98 Å². The zero-order valence-electron chi connectivity index (χ0n) is 12.4. The van der Waals surface area contributed by atoms with Gasteiger partial charge in [-0.1, -0.05) is 0 Å². The van der Waals surface area contributed by atoms with Crippen molar-refractivity contribution >= 4 is 28.4 Å². The number of halogens is 1. The van der Waals surface area contributed by atoms with E-state index in [0.717, 1.165) is 23.6 Å². The lowest BCUT2D eigenvalue weighted by Crippen LogP contribution is -2.53. The summed E-state index contributed by atoms with van der Waals surface area (Å²) in [6.07, 6.45) is 10.00. The average Bonchev–Trinajstić information content (AvgIpc) is 2.42. The van der Waals surface area contributed by atoms with Gasteiger partial charge in [-0.3, -0.25) is 4.79 Å². The summed E-state index contributed by atoms with van der Waals surface area (Å²) in [5, 5.41) is 3.57. The van der Waals surface area contributed by atoms with Gasteiger partial charge in [0.1, 0.15) is 9.39 Å². The van der Waals surface area contributed by atoms with Crippen LogP contribution in [0.4, 0.5) is 5.82 Å². The van der Waals surface area contributed by atoms with Gasteiger partial charge in [0.15, 0.2) is 0 Å². The van der Waals surface area contributed by atoms with E-state index in [4.69, 9.17) is 0 Å². The molecule has 4 nitrogen and oxygen atoms in total. The molecule has 0 radical (unpaired) electrons. The smallest absolute Gasteiger partial charge is 0.266 e. The maximum Gasteiger partial charge on any atom is 0.266 e. The van der Waals surface area contributed by atoms with Gasteiger partial charge in [-0.05, 0) is 91.2 Å². The maximum absolute atomic E-state index is 11.7. The van der Waals surface area contributed by atoms with Gasteiger partial charge in [-0.15, -0.1) is 0 Å². The first-order chi connectivity index (χ1) is 10.1. The molecule has 4 aliphatic rings. The molecule has 2 N–H and O–H groups in total. The Kier molecular flexibility index (Phi) is 3.32. The summed E-state index contributed by atoms with van der Waals surface area (Å²) in [6, 6.07) is 0.397. The number of aromatic amines is 1. The number of H-pyrrole nitrogens is 1. The van der Waals surface area contributed by atoms with Gasteiger partial charge in [0.05, 0.1) is 6.33 Å². The largest absolute Gasteiger partial charge is 0.366 e. The molecule has 0 amide bonds. The van der Waals surface area contributed by atoms with E-state index in [0.29, 0.717) is 15.0 Å². The lowest BCUT2D eigenvalue weighted by Gasteiger charge is -2.59. The lowest BCUT2D eigenvalue weighted by atomic mass is 9.48. The average molecular weight is 399 g/mol. The lowest BCUT2D eigenvalue weighted by molar-refractivity contribution is -0.0603. The number of rotatable bonds is 3. The van der Waals surface area contributed by atoms with Crippen LogP contribution in [0.5, 0.6) is 0 Å². The van der Waals surface area contributed by atoms with Gasteiger partial charge < -0.3 is 10.3 Å². The first-order valence-corrected chi connectivity index (χ1v) is 9.13. The summed E-state index contributed by atoms with van der Waals surface area (Å²) in [6.45, 7) is 2.30. The Morgan fingerprint density at radius 3 is 2.43 bits per heavy atom. The normalized spacial score (nSPS) is 38.5. The molecule has 0 spiro atoms. The summed E-state index contributed by atoms with van der Waals surface area (Å²) in [4.78, 5) is 18.7. The minimum absolute atomic E-state index is 0.0502. The van der Waals surface area contributed by atoms with E-state index >= 15 is 0 Å². The molecule has 4 fully saturated rings. The second-order valence-electron chi connectivity index (χ2n) is 7.54. The highest BCUT2D eigenvalue weighted by atomic mass is 127. The van der Waals surface area contributed by atoms with Crippen LogP contribution in [0.2, 0.25) is 0 Å². The van der Waals surface area contributed by atoms with Crippen molar-refractivity contribution in [3.63, 3.8) is 0 Å². The number of hydrogen-bond acceptors (Lipinski definition) is 3. The third kappa shape index (κ3) is 2.32. The molecule has 4 bridgehead atoms. The Hall–Kier alpha value is -0.590. The maximum atomic E-state index is 11.7. The number of anilines is 1. The van der Waals surface area contributed by atoms with Crippen molar-refractivity contribution in [2.75, 3.05) is 5.32 Å². The molecule has 1 atom stereocenters. The van der Waals surface area contributed by atoms with Crippen LogP contribution in [-0.4, -0.2) is 16.0 Å². The number of hydrogen-bond donors (Lipinski definition) is 2. The van der Waals surface area contributed by atoms with Gasteiger partial charge in [0, 0.05) is 6.04 Å². The fourth-order valence-electron chi connectivity index (χ4n) is 5.55. The topological polar surface area (TPSA) is 57.8 Å². The third-order valence-corrected chi connectivity index (χ3v) is 7.15. The minimum Gasteiger partial charge on any atom is -0.366 e. The number of nitrogens with zero attached hydrogens (tertiary/aromatic N) is 1. The summed E-state index contributed by atoms with van der Waals surface area (Å²) >= 11 is 2.09. The molecule has 5 heteroatoms. The first kappa shape index (κ1) is 14.0. The SMILES string of the molecule is CC(Nc1nc[nH]c(=O)c1I)C12CC3CC(CC(C3)C1)C2. The Morgan fingerprint density at radius 2 is 1.86 bits per heavy atom. The Morgan fingerprint density at radius 1 is 1.29 bits per heavy atom. The minimum atomic E-state index is -0.0502. The number of nitrogens with one attached hydrogen (secondary N) is 2. The predicted molar refractivity (Wildman–Crippen MR) is 91.3 cm³/mol. The van der Waals surface area contributed by atoms with E-state index in [1.807, 2.05) is 0 Å². The first-order valence-electron chi connectivity index (χ1n) is 8.05. The molecule has 4 aliphatic carbocycles. The van der Waals surface area contributed by atoms with Crippen molar-refractivity contribution in [1.82, 2.24) is 9.97 Å². The van der Waals surface area contributed by atoms with E-state index < -0.39 is 0 Å². The summed E-state index contributed by atoms with van der Waals surface area (Å²) in [5.74, 6) is 3.60. The van der Waals surface area contributed by atoms with Crippen molar-refractivity contribution in [2.24, 2.45) is 23.2 Å². The Bertz CT molecular complexity index is 577. The summed E-state index contributed by atoms with van der Waals surface area (Å²) < 4.78 is 0.673. The molecule has 0 saturated heterocycles. The highest BCUT2D eigenvalue weighted by Gasteiger charge is 2.53. The third-order valence-electron chi connectivity index (χ3n) is 6.15. The molecule has 4 saturated carbocycles. The second kappa shape index (κ2) is 4.96. The van der Waals surface area contributed by atoms with E-state index in [-0.39, 0.29) is 5.56 Å². The van der Waals surface area contributed by atoms with Crippen LogP contribution in [-0.2, 0) is 0 Å². The van der Waals surface area contributed by atoms with Gasteiger partial charge in [0.2, 0.25) is 0 Å². The Labute approximate surface area is 138 Å². The Balaban J connectivity index is 1.59. The zero-order valence-corrected chi connectivity index (χ0v) is 14.5. The van der Waals surface area contributed by atoms with E-state index in [9.17, 15) is 4.79 Å². The van der Waals surface area contributed by atoms with Crippen molar-refractivity contribution in [3.8, 4) is 0 Å². The molecule has 21 heavy (non-hydrogen) atoms. The second-order valence-corrected chi connectivity index (χ2v) is 8.62. The van der Waals surface area contributed by atoms with Crippen LogP contribution in [0.1, 0.15) is 45.4 Å². The fraction of sp³-hybridized carbons (Fsp3) is 0.750. The quantitative estimate of drug-likeness (QED) is 0.767. The van der Waals surface area contributed by atoms with Gasteiger partial charge in [0.25, 0.3) is 5.56 Å². The van der Waals surface area contributed by atoms with Crippen LogP contribution < -0.4 is 10.9 Å². The van der Waals surface area contributed by atoms with E-state index in [1.165, 1.54) is 44.9 Å². The van der Waals surface area contributed by atoms with Gasteiger partial charge in [-0.2, -0.15) is 0 Å². The molecule has 0 aliphatic heterocycles.